The highest BCUT2D eigenvalue weighted by Gasteiger charge is 2.34. The first-order valence-electron chi connectivity index (χ1n) is 9.93. The molecule has 0 aromatic heterocycles. The molecule has 1 saturated heterocycles. The van der Waals surface area contributed by atoms with Crippen LogP contribution in [0.3, 0.4) is 0 Å². The molecule has 0 saturated carbocycles. The fourth-order valence-electron chi connectivity index (χ4n) is 3.64. The first kappa shape index (κ1) is 20.6. The van der Waals surface area contributed by atoms with E-state index in [4.69, 9.17) is 9.47 Å². The zero-order valence-corrected chi connectivity index (χ0v) is 16.7. The lowest BCUT2D eigenvalue weighted by Crippen LogP contribution is -2.53. The number of carbonyl (C=O) groups is 2. The second kappa shape index (κ2) is 9.00. The maximum atomic E-state index is 12.9. The molecule has 4 rings (SSSR count). The van der Waals surface area contributed by atoms with Gasteiger partial charge < -0.3 is 24.6 Å². The Morgan fingerprint density at radius 2 is 1.90 bits per heavy atom. The first-order valence-corrected chi connectivity index (χ1v) is 9.93. The third kappa shape index (κ3) is 4.75. The van der Waals surface area contributed by atoms with Crippen molar-refractivity contribution < 1.29 is 24.0 Å². The zero-order valence-electron chi connectivity index (χ0n) is 16.7. The number of non-ortho nitro benzene ring substituents is 1. The molecule has 0 bridgehead atoms. The van der Waals surface area contributed by atoms with Crippen molar-refractivity contribution in [3.8, 4) is 5.75 Å². The van der Waals surface area contributed by atoms with E-state index in [1.54, 1.807) is 21.9 Å². The summed E-state index contributed by atoms with van der Waals surface area (Å²) in [6, 6.07) is 13.0. The Hall–Kier alpha value is -3.66. The Morgan fingerprint density at radius 3 is 2.68 bits per heavy atom. The van der Waals surface area contributed by atoms with Crippen molar-refractivity contribution in [1.82, 2.24) is 4.90 Å². The lowest BCUT2D eigenvalue weighted by molar-refractivity contribution is -0.384. The standard InChI is InChI=1S/C21H22N4O6/c26-20(22-15-4-3-5-16(12-15)25(28)29)14-24-13-19(21(27)23-8-10-30-11-9-23)31-18-7-2-1-6-17(18)24/h1-7,12,19H,8-11,13-14H2,(H,22,26)/t19-/m0/s1. The molecule has 2 amide bonds. The molecule has 1 atom stereocenters. The van der Waals surface area contributed by atoms with Crippen LogP contribution in [-0.4, -0.2) is 67.1 Å². The fourth-order valence-corrected chi connectivity index (χ4v) is 3.64. The van der Waals surface area contributed by atoms with Crippen molar-refractivity contribution in [2.75, 3.05) is 49.6 Å². The van der Waals surface area contributed by atoms with E-state index in [1.165, 1.54) is 18.2 Å². The summed E-state index contributed by atoms with van der Waals surface area (Å²) in [5.74, 6) is 0.0418. The second-order valence-electron chi connectivity index (χ2n) is 7.25. The number of hydrogen-bond donors (Lipinski definition) is 1. The monoisotopic (exact) mass is 426 g/mol. The number of carbonyl (C=O) groups excluding carboxylic acids is 2. The number of nitrogens with one attached hydrogen (secondary N) is 1. The number of anilines is 2. The van der Waals surface area contributed by atoms with Gasteiger partial charge in [0.05, 0.1) is 36.9 Å². The van der Waals surface area contributed by atoms with Gasteiger partial charge in [-0.2, -0.15) is 0 Å². The number of nitro benzene ring substituents is 1. The van der Waals surface area contributed by atoms with E-state index < -0.39 is 11.0 Å². The van der Waals surface area contributed by atoms with Gasteiger partial charge in [0.15, 0.2) is 6.10 Å². The van der Waals surface area contributed by atoms with Gasteiger partial charge in [0.1, 0.15) is 5.75 Å². The number of para-hydroxylation sites is 2. The van der Waals surface area contributed by atoms with E-state index in [0.29, 0.717) is 43.4 Å². The molecule has 2 heterocycles. The first-order chi connectivity index (χ1) is 15.0. The van der Waals surface area contributed by atoms with Gasteiger partial charge in [0.2, 0.25) is 5.91 Å². The summed E-state index contributed by atoms with van der Waals surface area (Å²) in [5, 5.41) is 13.6. The van der Waals surface area contributed by atoms with Crippen molar-refractivity contribution in [2.24, 2.45) is 0 Å². The van der Waals surface area contributed by atoms with Crippen LogP contribution < -0.4 is 15.0 Å². The van der Waals surface area contributed by atoms with Crippen LogP contribution in [0.5, 0.6) is 5.75 Å². The normalized spacial score (nSPS) is 18.0. The molecule has 2 aromatic carbocycles. The molecule has 0 unspecified atom stereocenters. The van der Waals surface area contributed by atoms with Crippen molar-refractivity contribution in [3.63, 3.8) is 0 Å². The summed E-state index contributed by atoms with van der Waals surface area (Å²) in [4.78, 5) is 39.5. The Balaban J connectivity index is 1.48. The topological polar surface area (TPSA) is 114 Å². The van der Waals surface area contributed by atoms with Gasteiger partial charge in [-0.05, 0) is 18.2 Å². The minimum absolute atomic E-state index is 0.0318. The molecular weight excluding hydrogens is 404 g/mol. The predicted molar refractivity (Wildman–Crippen MR) is 112 cm³/mol. The highest BCUT2D eigenvalue weighted by molar-refractivity contribution is 5.95. The Kier molecular flexibility index (Phi) is 5.99. The summed E-state index contributed by atoms with van der Waals surface area (Å²) < 4.78 is 11.2. The van der Waals surface area contributed by atoms with Crippen molar-refractivity contribution in [2.45, 2.75) is 6.10 Å². The molecule has 2 aliphatic rings. The fraction of sp³-hybridized carbons (Fsp3) is 0.333. The van der Waals surface area contributed by atoms with Crippen LogP contribution in [0.4, 0.5) is 17.1 Å². The van der Waals surface area contributed by atoms with E-state index >= 15 is 0 Å². The summed E-state index contributed by atoms with van der Waals surface area (Å²) in [6.45, 7) is 2.18. The third-order valence-electron chi connectivity index (χ3n) is 5.13. The van der Waals surface area contributed by atoms with Crippen LogP contribution in [0.2, 0.25) is 0 Å². The molecule has 162 valence electrons. The zero-order chi connectivity index (χ0) is 21.8. The number of nitrogens with zero attached hydrogens (tertiary/aromatic N) is 3. The molecule has 10 nitrogen and oxygen atoms in total. The summed E-state index contributed by atoms with van der Waals surface area (Å²) in [6.07, 6.45) is -0.737. The van der Waals surface area contributed by atoms with E-state index in [0.717, 1.165) is 0 Å². The smallest absolute Gasteiger partial charge is 0.271 e. The average molecular weight is 426 g/mol. The van der Waals surface area contributed by atoms with E-state index in [-0.39, 0.29) is 30.6 Å². The number of ether oxygens (including phenoxy) is 2. The maximum Gasteiger partial charge on any atom is 0.271 e. The molecule has 1 fully saturated rings. The summed E-state index contributed by atoms with van der Waals surface area (Å²) in [5.41, 5.74) is 0.940. The largest absolute Gasteiger partial charge is 0.477 e. The molecule has 2 aromatic rings. The van der Waals surface area contributed by atoms with Crippen LogP contribution in [-0.2, 0) is 14.3 Å². The Morgan fingerprint density at radius 1 is 1.13 bits per heavy atom. The van der Waals surface area contributed by atoms with Gasteiger partial charge in [-0.1, -0.05) is 18.2 Å². The minimum Gasteiger partial charge on any atom is -0.477 e. The third-order valence-corrected chi connectivity index (χ3v) is 5.13. The molecule has 0 aliphatic carbocycles. The molecule has 31 heavy (non-hydrogen) atoms. The van der Waals surface area contributed by atoms with E-state index in [9.17, 15) is 19.7 Å². The van der Waals surface area contributed by atoms with E-state index in [1.807, 2.05) is 18.2 Å². The van der Waals surface area contributed by atoms with Gasteiger partial charge in [0, 0.05) is 30.9 Å². The van der Waals surface area contributed by atoms with Crippen LogP contribution in [0.25, 0.3) is 0 Å². The summed E-state index contributed by atoms with van der Waals surface area (Å²) >= 11 is 0. The number of rotatable bonds is 5. The van der Waals surface area contributed by atoms with Gasteiger partial charge in [0.25, 0.3) is 11.6 Å². The Bertz CT molecular complexity index is 991. The highest BCUT2D eigenvalue weighted by atomic mass is 16.6. The molecule has 10 heteroatoms. The van der Waals surface area contributed by atoms with Crippen molar-refractivity contribution in [3.05, 3.63) is 58.6 Å². The van der Waals surface area contributed by atoms with Crippen LogP contribution in [0.15, 0.2) is 48.5 Å². The molecule has 0 spiro atoms. The number of morpholine rings is 1. The van der Waals surface area contributed by atoms with Crippen molar-refractivity contribution in [1.29, 1.82) is 0 Å². The molecule has 2 aliphatic heterocycles. The average Bonchev–Trinajstić information content (AvgIpc) is 2.79. The molecule has 0 radical (unpaired) electrons. The predicted octanol–water partition coefficient (Wildman–Crippen LogP) is 1.66. The maximum absolute atomic E-state index is 12.9. The highest BCUT2D eigenvalue weighted by Crippen LogP contribution is 2.33. The number of benzene rings is 2. The number of hydrogen-bond acceptors (Lipinski definition) is 7. The van der Waals surface area contributed by atoms with Gasteiger partial charge in [-0.3, -0.25) is 19.7 Å². The SMILES string of the molecule is O=C(CN1C[C@@H](C(=O)N2CCOCC2)Oc2ccccc21)Nc1cccc([N+](=O)[O-])c1. The quantitative estimate of drug-likeness (QED) is 0.571. The van der Waals surface area contributed by atoms with Gasteiger partial charge >= 0.3 is 0 Å². The Labute approximate surface area is 178 Å². The van der Waals surface area contributed by atoms with Crippen LogP contribution >= 0.6 is 0 Å². The number of fused-ring (bicyclic) bond motifs is 1. The second-order valence-corrected chi connectivity index (χ2v) is 7.25. The van der Waals surface area contributed by atoms with Gasteiger partial charge in [-0.15, -0.1) is 0 Å². The number of amides is 2. The van der Waals surface area contributed by atoms with Crippen molar-refractivity contribution >= 4 is 28.9 Å². The molecule has 1 N–H and O–H groups in total. The van der Waals surface area contributed by atoms with Crippen LogP contribution in [0.1, 0.15) is 0 Å². The minimum atomic E-state index is -0.737. The summed E-state index contributed by atoms with van der Waals surface area (Å²) in [7, 11) is 0. The van der Waals surface area contributed by atoms with E-state index in [2.05, 4.69) is 5.32 Å². The lowest BCUT2D eigenvalue weighted by Gasteiger charge is -2.38. The van der Waals surface area contributed by atoms with Gasteiger partial charge in [-0.25, -0.2) is 0 Å². The number of nitro groups is 1. The molecular formula is C21H22N4O6. The lowest BCUT2D eigenvalue weighted by atomic mass is 10.1. The van der Waals surface area contributed by atoms with Crippen LogP contribution in [0, 0.1) is 10.1 Å².